The molecule has 6 nitrogen and oxygen atoms in total. The molecule has 4 rings (SSSR count). The van der Waals surface area contributed by atoms with Crippen LogP contribution in [0.2, 0.25) is 0 Å². The standard InChI is InChI=1S/C28H28FNO5/c1-27(2,23-15-20(29)8-11-24(23)31)17-28(34,13-12-18-6-4-3-5-7-18)26(33)30-21-9-10-22-19(14-21)16-35-25(22)32/h3-11,14-15,31,34H,12-13,16-17H2,1-2H3,(H,30,33). The lowest BCUT2D eigenvalue weighted by Gasteiger charge is -2.36. The van der Waals surface area contributed by atoms with Gasteiger partial charge in [0.2, 0.25) is 0 Å². The Hall–Kier alpha value is -3.71. The Balaban J connectivity index is 1.62. The summed E-state index contributed by atoms with van der Waals surface area (Å²) in [5.41, 5.74) is 0.0126. The maximum Gasteiger partial charge on any atom is 0.338 e. The molecule has 7 heteroatoms. The minimum Gasteiger partial charge on any atom is -0.508 e. The van der Waals surface area contributed by atoms with E-state index in [9.17, 15) is 24.2 Å². The van der Waals surface area contributed by atoms with E-state index in [1.807, 2.05) is 30.3 Å². The lowest BCUT2D eigenvalue weighted by Crippen LogP contribution is -2.47. The molecule has 1 aliphatic heterocycles. The van der Waals surface area contributed by atoms with E-state index in [0.29, 0.717) is 28.8 Å². The number of hydrogen-bond donors (Lipinski definition) is 3. The van der Waals surface area contributed by atoms with Crippen molar-refractivity contribution in [2.75, 3.05) is 5.32 Å². The Morgan fingerprint density at radius 2 is 1.83 bits per heavy atom. The number of phenols is 1. The number of amides is 1. The summed E-state index contributed by atoms with van der Waals surface area (Å²) < 4.78 is 19.0. The summed E-state index contributed by atoms with van der Waals surface area (Å²) in [5, 5.41) is 24.9. The number of nitrogens with one attached hydrogen (secondary N) is 1. The first-order valence-corrected chi connectivity index (χ1v) is 11.4. The number of fused-ring (bicyclic) bond motifs is 1. The van der Waals surface area contributed by atoms with Crippen molar-refractivity contribution < 1.29 is 28.9 Å². The quantitative estimate of drug-likeness (QED) is 0.402. The van der Waals surface area contributed by atoms with Gasteiger partial charge in [-0.05, 0) is 66.6 Å². The molecule has 0 aliphatic carbocycles. The molecule has 1 unspecified atom stereocenters. The third kappa shape index (κ3) is 5.35. The van der Waals surface area contributed by atoms with Crippen LogP contribution in [0.4, 0.5) is 10.1 Å². The van der Waals surface area contributed by atoms with Crippen molar-refractivity contribution in [1.82, 2.24) is 0 Å². The van der Waals surface area contributed by atoms with Crippen LogP contribution in [0.15, 0.2) is 66.7 Å². The molecule has 0 bridgehead atoms. The van der Waals surface area contributed by atoms with Crippen LogP contribution in [0.1, 0.15) is 53.7 Å². The normalized spacial score (nSPS) is 14.7. The molecule has 3 aromatic rings. The lowest BCUT2D eigenvalue weighted by molar-refractivity contribution is -0.137. The molecule has 1 amide bonds. The number of carbonyl (C=O) groups is 2. The van der Waals surface area contributed by atoms with Gasteiger partial charge in [0.05, 0.1) is 5.56 Å². The van der Waals surface area contributed by atoms with E-state index >= 15 is 0 Å². The van der Waals surface area contributed by atoms with Crippen LogP contribution >= 0.6 is 0 Å². The number of carbonyl (C=O) groups excluding carboxylic acids is 2. The van der Waals surface area contributed by atoms with Gasteiger partial charge >= 0.3 is 5.97 Å². The number of halogens is 1. The Bertz CT molecular complexity index is 1260. The molecule has 1 atom stereocenters. The zero-order chi connectivity index (χ0) is 25.2. The number of esters is 1. The summed E-state index contributed by atoms with van der Waals surface area (Å²) in [6, 6.07) is 18.0. The molecule has 182 valence electrons. The van der Waals surface area contributed by atoms with Gasteiger partial charge < -0.3 is 20.3 Å². The zero-order valence-corrected chi connectivity index (χ0v) is 19.7. The average molecular weight is 478 g/mol. The van der Waals surface area contributed by atoms with Crippen LogP contribution in [0, 0.1) is 5.82 Å². The highest BCUT2D eigenvalue weighted by Gasteiger charge is 2.42. The van der Waals surface area contributed by atoms with Crippen molar-refractivity contribution in [3.8, 4) is 5.75 Å². The molecule has 3 aromatic carbocycles. The van der Waals surface area contributed by atoms with Gasteiger partial charge in [0, 0.05) is 16.8 Å². The van der Waals surface area contributed by atoms with Gasteiger partial charge in [-0.2, -0.15) is 0 Å². The molecule has 35 heavy (non-hydrogen) atoms. The minimum atomic E-state index is -1.84. The van der Waals surface area contributed by atoms with Gasteiger partial charge in [0.1, 0.15) is 23.8 Å². The molecule has 0 spiro atoms. The first-order valence-electron chi connectivity index (χ1n) is 11.4. The van der Waals surface area contributed by atoms with Crippen molar-refractivity contribution in [2.24, 2.45) is 0 Å². The number of hydrogen-bond acceptors (Lipinski definition) is 5. The second-order valence-electron chi connectivity index (χ2n) is 9.64. The third-order valence-corrected chi connectivity index (χ3v) is 6.46. The molecular weight excluding hydrogens is 449 g/mol. The molecular formula is C28H28FNO5. The van der Waals surface area contributed by atoms with Crippen LogP contribution in [-0.4, -0.2) is 27.7 Å². The summed E-state index contributed by atoms with van der Waals surface area (Å²) in [7, 11) is 0. The Kier molecular flexibility index (Phi) is 6.63. The third-order valence-electron chi connectivity index (χ3n) is 6.46. The average Bonchev–Trinajstić information content (AvgIpc) is 3.19. The molecule has 0 radical (unpaired) electrons. The van der Waals surface area contributed by atoms with Gasteiger partial charge in [-0.1, -0.05) is 44.2 Å². The van der Waals surface area contributed by atoms with Crippen molar-refractivity contribution in [2.45, 2.75) is 50.7 Å². The van der Waals surface area contributed by atoms with E-state index < -0.39 is 28.7 Å². The van der Waals surface area contributed by atoms with E-state index in [4.69, 9.17) is 4.74 Å². The molecule has 0 saturated carbocycles. The first-order chi connectivity index (χ1) is 16.6. The Morgan fingerprint density at radius 1 is 1.09 bits per heavy atom. The number of ether oxygens (including phenoxy) is 1. The second-order valence-corrected chi connectivity index (χ2v) is 9.64. The zero-order valence-electron chi connectivity index (χ0n) is 19.7. The van der Waals surface area contributed by atoms with Crippen molar-refractivity contribution >= 4 is 17.6 Å². The molecule has 0 fully saturated rings. The van der Waals surface area contributed by atoms with Gasteiger partial charge in [-0.15, -0.1) is 0 Å². The first kappa shape index (κ1) is 24.4. The largest absolute Gasteiger partial charge is 0.508 e. The summed E-state index contributed by atoms with van der Waals surface area (Å²) >= 11 is 0. The van der Waals surface area contributed by atoms with E-state index in [0.717, 1.165) is 11.6 Å². The van der Waals surface area contributed by atoms with Crippen LogP contribution in [0.25, 0.3) is 0 Å². The van der Waals surface area contributed by atoms with E-state index in [-0.39, 0.29) is 25.2 Å². The number of aromatic hydroxyl groups is 1. The van der Waals surface area contributed by atoms with Gasteiger partial charge in [-0.3, -0.25) is 4.79 Å². The Labute approximate surface area is 203 Å². The number of aliphatic hydroxyl groups is 1. The number of rotatable bonds is 8. The van der Waals surface area contributed by atoms with E-state index in [1.54, 1.807) is 32.0 Å². The molecule has 1 heterocycles. The van der Waals surface area contributed by atoms with E-state index in [2.05, 4.69) is 5.32 Å². The van der Waals surface area contributed by atoms with Gasteiger partial charge in [-0.25, -0.2) is 9.18 Å². The number of benzene rings is 3. The second kappa shape index (κ2) is 9.50. The topological polar surface area (TPSA) is 95.9 Å². The fraction of sp³-hybridized carbons (Fsp3) is 0.286. The summed E-state index contributed by atoms with van der Waals surface area (Å²) in [6.07, 6.45) is 0.472. The maximum atomic E-state index is 14.0. The molecule has 0 aromatic heterocycles. The highest BCUT2D eigenvalue weighted by Crippen LogP contribution is 2.39. The molecule has 1 aliphatic rings. The monoisotopic (exact) mass is 477 g/mol. The van der Waals surface area contributed by atoms with E-state index in [1.165, 1.54) is 12.1 Å². The predicted octanol–water partition coefficient (Wildman–Crippen LogP) is 4.87. The highest BCUT2D eigenvalue weighted by molar-refractivity contribution is 5.99. The fourth-order valence-corrected chi connectivity index (χ4v) is 4.61. The molecule has 0 saturated heterocycles. The van der Waals surface area contributed by atoms with Gasteiger partial charge in [0.15, 0.2) is 0 Å². The van der Waals surface area contributed by atoms with Crippen LogP contribution in [0.3, 0.4) is 0 Å². The van der Waals surface area contributed by atoms with Crippen LogP contribution in [-0.2, 0) is 28.0 Å². The SMILES string of the molecule is CC(C)(CC(O)(CCc1ccccc1)C(=O)Nc1ccc2c(c1)COC2=O)c1cc(F)ccc1O. The number of anilines is 1. The lowest BCUT2D eigenvalue weighted by atomic mass is 9.73. The summed E-state index contributed by atoms with van der Waals surface area (Å²) in [5.74, 6) is -1.65. The van der Waals surface area contributed by atoms with Crippen LogP contribution in [0.5, 0.6) is 5.75 Å². The summed E-state index contributed by atoms with van der Waals surface area (Å²) in [4.78, 5) is 25.2. The summed E-state index contributed by atoms with van der Waals surface area (Å²) in [6.45, 7) is 3.63. The number of cyclic esters (lactones) is 1. The smallest absolute Gasteiger partial charge is 0.338 e. The predicted molar refractivity (Wildman–Crippen MR) is 130 cm³/mol. The van der Waals surface area contributed by atoms with Crippen molar-refractivity contribution in [3.63, 3.8) is 0 Å². The van der Waals surface area contributed by atoms with Crippen LogP contribution < -0.4 is 5.32 Å². The highest BCUT2D eigenvalue weighted by atomic mass is 19.1. The Morgan fingerprint density at radius 3 is 2.57 bits per heavy atom. The number of aryl methyl sites for hydroxylation is 1. The fourth-order valence-electron chi connectivity index (χ4n) is 4.61. The maximum absolute atomic E-state index is 14.0. The van der Waals surface area contributed by atoms with Crippen molar-refractivity contribution in [1.29, 1.82) is 0 Å². The van der Waals surface area contributed by atoms with Crippen molar-refractivity contribution in [3.05, 3.63) is 94.8 Å². The van der Waals surface area contributed by atoms with Gasteiger partial charge in [0.25, 0.3) is 5.91 Å². The molecule has 3 N–H and O–H groups in total. The minimum absolute atomic E-state index is 0.0672. The number of phenolic OH excluding ortho intramolecular Hbond substituents is 1.